The first kappa shape index (κ1) is 24.5. The number of rotatable bonds is 12. The monoisotopic (exact) mass is 473 g/mol. The van der Waals surface area contributed by atoms with Gasteiger partial charge in [0.25, 0.3) is 0 Å². The van der Waals surface area contributed by atoms with E-state index >= 15 is 0 Å². The van der Waals surface area contributed by atoms with Crippen LogP contribution in [0.4, 0.5) is 11.5 Å². The van der Waals surface area contributed by atoms with Gasteiger partial charge in [-0.3, -0.25) is 4.57 Å². The van der Waals surface area contributed by atoms with Gasteiger partial charge in [0, 0.05) is 12.5 Å². The fourth-order valence-electron chi connectivity index (χ4n) is 4.33. The van der Waals surface area contributed by atoms with E-state index in [4.69, 9.17) is 14.2 Å². The molecule has 1 aromatic heterocycles. The highest BCUT2D eigenvalue weighted by atomic mass is 16.5. The molecule has 2 aliphatic heterocycles. The topological polar surface area (TPSA) is 115 Å². The van der Waals surface area contributed by atoms with Crippen LogP contribution < -0.4 is 20.5 Å². The van der Waals surface area contributed by atoms with E-state index in [1.807, 2.05) is 18.2 Å². The summed E-state index contributed by atoms with van der Waals surface area (Å²) < 4.78 is 18.7. The Balaban J connectivity index is 1.31. The second-order valence-corrected chi connectivity index (χ2v) is 8.97. The molecule has 0 spiro atoms. The molecule has 3 atom stereocenters. The summed E-state index contributed by atoms with van der Waals surface area (Å²) in [7, 11) is 0. The van der Waals surface area contributed by atoms with Crippen LogP contribution in [0, 0.1) is 0 Å². The van der Waals surface area contributed by atoms with Gasteiger partial charge in [-0.25, -0.2) is 4.79 Å². The van der Waals surface area contributed by atoms with E-state index in [0.717, 1.165) is 12.2 Å². The standard InChI is InChI=1S/C25H35N3O6/c1-2-3-4-5-6-7-8-9-12-32-17-10-11-20-18(13-17)26-24-21(33-20)15-28(25(31)27-24)23-14-19(30)22(16-29)34-23/h10-11,13,15,19,22-23,29-30H,2-9,12,14,16H2,1H3,(H,26,27,31)/t19-,22+,23+/m0/s1. The molecule has 1 fully saturated rings. The van der Waals surface area contributed by atoms with Gasteiger partial charge in [-0.05, 0) is 18.6 Å². The molecule has 0 aliphatic carbocycles. The highest BCUT2D eigenvalue weighted by Crippen LogP contribution is 2.42. The minimum absolute atomic E-state index is 0.190. The summed E-state index contributed by atoms with van der Waals surface area (Å²) in [5, 5.41) is 22.4. The smallest absolute Gasteiger partial charge is 0.351 e. The van der Waals surface area contributed by atoms with Crippen LogP contribution in [0.3, 0.4) is 0 Å². The maximum absolute atomic E-state index is 12.6. The van der Waals surface area contributed by atoms with Crippen LogP contribution in [0.5, 0.6) is 17.2 Å². The number of aliphatic hydroxyl groups is 2. The number of nitrogens with one attached hydrogen (secondary N) is 1. The summed E-state index contributed by atoms with van der Waals surface area (Å²) in [5.41, 5.74) is 0.148. The molecule has 2 aromatic rings. The van der Waals surface area contributed by atoms with E-state index in [2.05, 4.69) is 17.2 Å². The molecule has 2 aliphatic rings. The number of anilines is 2. The van der Waals surface area contributed by atoms with Crippen molar-refractivity contribution in [3.63, 3.8) is 0 Å². The molecule has 0 amide bonds. The van der Waals surface area contributed by atoms with Gasteiger partial charge in [-0.15, -0.1) is 0 Å². The van der Waals surface area contributed by atoms with Crippen LogP contribution in [-0.2, 0) is 4.74 Å². The van der Waals surface area contributed by atoms with E-state index in [-0.39, 0.29) is 13.0 Å². The molecule has 9 nitrogen and oxygen atoms in total. The van der Waals surface area contributed by atoms with E-state index in [1.165, 1.54) is 55.7 Å². The first-order valence-electron chi connectivity index (χ1n) is 12.4. The fraction of sp³-hybridized carbons (Fsp3) is 0.600. The average Bonchev–Trinajstić information content (AvgIpc) is 3.21. The maximum Gasteiger partial charge on any atom is 0.351 e. The lowest BCUT2D eigenvalue weighted by Crippen LogP contribution is -2.28. The Morgan fingerprint density at radius 3 is 2.65 bits per heavy atom. The van der Waals surface area contributed by atoms with Crippen molar-refractivity contribution in [1.29, 1.82) is 0 Å². The van der Waals surface area contributed by atoms with Gasteiger partial charge in [0.15, 0.2) is 17.3 Å². The average molecular weight is 474 g/mol. The molecule has 3 N–H and O–H groups in total. The van der Waals surface area contributed by atoms with Gasteiger partial charge in [0.1, 0.15) is 18.1 Å². The van der Waals surface area contributed by atoms with Gasteiger partial charge < -0.3 is 29.7 Å². The Morgan fingerprint density at radius 1 is 1.15 bits per heavy atom. The van der Waals surface area contributed by atoms with Crippen molar-refractivity contribution < 1.29 is 24.4 Å². The molecular weight excluding hydrogens is 438 g/mol. The molecule has 186 valence electrons. The number of aromatic nitrogens is 2. The number of nitrogens with zero attached hydrogens (tertiary/aromatic N) is 2. The largest absolute Gasteiger partial charge is 0.494 e. The van der Waals surface area contributed by atoms with Gasteiger partial charge in [0.2, 0.25) is 0 Å². The van der Waals surface area contributed by atoms with Crippen LogP contribution in [0.25, 0.3) is 0 Å². The normalized spacial score (nSPS) is 20.9. The summed E-state index contributed by atoms with van der Waals surface area (Å²) in [6.45, 7) is 2.58. The van der Waals surface area contributed by atoms with Crippen molar-refractivity contribution in [3.8, 4) is 17.2 Å². The number of hydrogen-bond donors (Lipinski definition) is 3. The third kappa shape index (κ3) is 5.89. The number of benzene rings is 1. The molecule has 0 bridgehead atoms. The van der Waals surface area contributed by atoms with Gasteiger partial charge >= 0.3 is 5.69 Å². The minimum Gasteiger partial charge on any atom is -0.494 e. The Morgan fingerprint density at radius 2 is 1.91 bits per heavy atom. The van der Waals surface area contributed by atoms with Crippen molar-refractivity contribution in [2.45, 2.75) is 83.1 Å². The SMILES string of the molecule is CCCCCCCCCCOc1ccc2c(c1)Nc1nc(=O)n([C@H]3C[C@H](O)[C@@H](CO)O3)cc1O2. The zero-order chi connectivity index (χ0) is 23.9. The van der Waals surface area contributed by atoms with Crippen LogP contribution in [0.2, 0.25) is 0 Å². The summed E-state index contributed by atoms with van der Waals surface area (Å²) in [4.78, 5) is 16.7. The van der Waals surface area contributed by atoms with Gasteiger partial charge in [-0.2, -0.15) is 4.98 Å². The number of aliphatic hydroxyl groups excluding tert-OH is 2. The Hall–Kier alpha value is -2.62. The lowest BCUT2D eigenvalue weighted by molar-refractivity contribution is -0.0459. The number of hydrogen-bond acceptors (Lipinski definition) is 8. The Kier molecular flexibility index (Phi) is 8.42. The van der Waals surface area contributed by atoms with E-state index in [0.29, 0.717) is 29.6 Å². The van der Waals surface area contributed by atoms with Crippen molar-refractivity contribution in [2.24, 2.45) is 0 Å². The summed E-state index contributed by atoms with van der Waals surface area (Å²) in [6, 6.07) is 5.53. The maximum atomic E-state index is 12.6. The molecule has 4 rings (SSSR count). The second-order valence-electron chi connectivity index (χ2n) is 8.97. The summed E-state index contributed by atoms with van der Waals surface area (Å²) in [5.74, 6) is 2.02. The molecule has 0 saturated carbocycles. The summed E-state index contributed by atoms with van der Waals surface area (Å²) in [6.07, 6.45) is 9.43. The van der Waals surface area contributed by atoms with Crippen molar-refractivity contribution in [1.82, 2.24) is 9.55 Å². The van der Waals surface area contributed by atoms with E-state index in [1.54, 1.807) is 0 Å². The highest BCUT2D eigenvalue weighted by molar-refractivity contribution is 5.73. The highest BCUT2D eigenvalue weighted by Gasteiger charge is 2.35. The lowest BCUT2D eigenvalue weighted by Gasteiger charge is -2.23. The second kappa shape index (κ2) is 11.7. The van der Waals surface area contributed by atoms with Crippen molar-refractivity contribution in [3.05, 3.63) is 34.9 Å². The quantitative estimate of drug-likeness (QED) is 0.334. The predicted molar refractivity (Wildman–Crippen MR) is 128 cm³/mol. The van der Waals surface area contributed by atoms with Gasteiger partial charge in [0.05, 0.1) is 31.2 Å². The van der Waals surface area contributed by atoms with E-state index < -0.39 is 24.1 Å². The fourth-order valence-corrected chi connectivity index (χ4v) is 4.33. The molecule has 34 heavy (non-hydrogen) atoms. The Labute approximate surface area is 199 Å². The molecule has 3 heterocycles. The number of fused-ring (bicyclic) bond motifs is 2. The van der Waals surface area contributed by atoms with Crippen LogP contribution in [0.1, 0.15) is 70.9 Å². The Bertz CT molecular complexity index is 1010. The minimum atomic E-state index is -0.845. The molecule has 0 radical (unpaired) electrons. The van der Waals surface area contributed by atoms with Crippen LogP contribution in [0.15, 0.2) is 29.2 Å². The van der Waals surface area contributed by atoms with Crippen molar-refractivity contribution in [2.75, 3.05) is 18.5 Å². The zero-order valence-corrected chi connectivity index (χ0v) is 19.7. The third-order valence-electron chi connectivity index (χ3n) is 6.30. The molecule has 0 unspecified atom stereocenters. The van der Waals surface area contributed by atoms with Gasteiger partial charge in [-0.1, -0.05) is 51.9 Å². The van der Waals surface area contributed by atoms with Crippen LogP contribution in [-0.4, -0.2) is 45.2 Å². The first-order chi connectivity index (χ1) is 16.6. The molecule has 1 saturated heterocycles. The zero-order valence-electron chi connectivity index (χ0n) is 19.7. The lowest BCUT2D eigenvalue weighted by atomic mass is 10.1. The molecule has 9 heteroatoms. The first-order valence-corrected chi connectivity index (χ1v) is 12.4. The number of unbranched alkanes of at least 4 members (excludes halogenated alkanes) is 7. The van der Waals surface area contributed by atoms with Crippen LogP contribution >= 0.6 is 0 Å². The molecular formula is C25H35N3O6. The summed E-state index contributed by atoms with van der Waals surface area (Å²) >= 11 is 0. The van der Waals surface area contributed by atoms with E-state index in [9.17, 15) is 15.0 Å². The molecule has 1 aromatic carbocycles. The third-order valence-corrected chi connectivity index (χ3v) is 6.30. The number of ether oxygens (including phenoxy) is 3. The predicted octanol–water partition coefficient (Wildman–Crippen LogP) is 4.25. The van der Waals surface area contributed by atoms with Crippen molar-refractivity contribution >= 4 is 11.5 Å².